The summed E-state index contributed by atoms with van der Waals surface area (Å²) in [6.45, 7) is 3.48. The summed E-state index contributed by atoms with van der Waals surface area (Å²) in [6.07, 6.45) is 10.1. The normalized spacial score (nSPS) is 19.6. The average molecular weight is 376 g/mol. The molecular weight excluding hydrogens is 354 g/mol. The van der Waals surface area contributed by atoms with Crippen LogP contribution in [0.5, 0.6) is 0 Å². The van der Waals surface area contributed by atoms with Gasteiger partial charge in [-0.15, -0.1) is 0 Å². The maximum absolute atomic E-state index is 11.4. The number of nitrogens with one attached hydrogen (secondary N) is 3. The lowest BCUT2D eigenvalue weighted by atomic mass is 9.91. The fourth-order valence-corrected chi connectivity index (χ4v) is 3.12. The molecule has 0 unspecified atom stereocenters. The van der Waals surface area contributed by atoms with E-state index in [1.54, 1.807) is 17.1 Å². The summed E-state index contributed by atoms with van der Waals surface area (Å²) < 4.78 is 1.70. The summed E-state index contributed by atoms with van der Waals surface area (Å²) in [5.74, 6) is 0.940. The van der Waals surface area contributed by atoms with Gasteiger partial charge in [-0.3, -0.25) is 9.48 Å². The fraction of sp³-hybridized carbons (Fsp3) is 0.412. The predicted molar refractivity (Wildman–Crippen MR) is 102 cm³/mol. The zero-order chi connectivity index (χ0) is 18.5. The Morgan fingerprint density at radius 1 is 1.31 bits per heavy atom. The van der Waals surface area contributed by atoms with Crippen LogP contribution in [-0.4, -0.2) is 37.7 Å². The van der Waals surface area contributed by atoms with Crippen LogP contribution in [0.15, 0.2) is 31.2 Å². The molecule has 1 aliphatic rings. The first-order valence-corrected chi connectivity index (χ1v) is 8.89. The molecule has 138 valence electrons. The van der Waals surface area contributed by atoms with Crippen LogP contribution >= 0.6 is 11.6 Å². The summed E-state index contributed by atoms with van der Waals surface area (Å²) >= 11 is 6.24. The Balaban J connectivity index is 1.58. The number of halogens is 1. The van der Waals surface area contributed by atoms with Crippen LogP contribution in [0.4, 0.5) is 17.5 Å². The topological polar surface area (TPSA) is 96.8 Å². The van der Waals surface area contributed by atoms with Gasteiger partial charge in [0.15, 0.2) is 5.82 Å². The molecule has 3 N–H and O–H groups in total. The quantitative estimate of drug-likeness (QED) is 0.671. The van der Waals surface area contributed by atoms with E-state index in [1.165, 1.54) is 6.08 Å². The summed E-state index contributed by atoms with van der Waals surface area (Å²) in [7, 11) is 1.84. The van der Waals surface area contributed by atoms with Gasteiger partial charge in [-0.25, -0.2) is 4.98 Å². The van der Waals surface area contributed by atoms with E-state index < -0.39 is 0 Å². The van der Waals surface area contributed by atoms with Gasteiger partial charge in [-0.05, 0) is 31.8 Å². The highest BCUT2D eigenvalue weighted by atomic mass is 35.5. The van der Waals surface area contributed by atoms with Crippen LogP contribution in [0.25, 0.3) is 0 Å². The minimum Gasteiger partial charge on any atom is -0.366 e. The fourth-order valence-electron chi connectivity index (χ4n) is 2.98. The Morgan fingerprint density at radius 3 is 2.69 bits per heavy atom. The summed E-state index contributed by atoms with van der Waals surface area (Å²) in [5, 5.41) is 14.0. The van der Waals surface area contributed by atoms with Gasteiger partial charge in [0.2, 0.25) is 11.9 Å². The number of hydrogen-bond donors (Lipinski definition) is 3. The van der Waals surface area contributed by atoms with E-state index in [1.807, 2.05) is 13.2 Å². The molecule has 0 spiro atoms. The van der Waals surface area contributed by atoms with Gasteiger partial charge in [0, 0.05) is 25.3 Å². The maximum atomic E-state index is 11.4. The first-order chi connectivity index (χ1) is 12.5. The Morgan fingerprint density at radius 2 is 2.04 bits per heavy atom. The molecule has 1 aliphatic carbocycles. The molecule has 0 atom stereocenters. The molecule has 0 radical (unpaired) electrons. The number of aryl methyl sites for hydroxylation is 1. The molecule has 26 heavy (non-hydrogen) atoms. The molecule has 3 rings (SSSR count). The molecule has 0 aliphatic heterocycles. The Labute approximate surface area is 157 Å². The van der Waals surface area contributed by atoms with Crippen molar-refractivity contribution in [3.8, 4) is 0 Å². The van der Waals surface area contributed by atoms with Crippen molar-refractivity contribution in [1.82, 2.24) is 25.1 Å². The third-order valence-electron chi connectivity index (χ3n) is 4.30. The zero-order valence-electron chi connectivity index (χ0n) is 14.6. The number of carbonyl (C=O) groups excluding carboxylic acids is 1. The number of anilines is 3. The Bertz CT molecular complexity index is 783. The van der Waals surface area contributed by atoms with Gasteiger partial charge < -0.3 is 16.0 Å². The van der Waals surface area contributed by atoms with Crippen molar-refractivity contribution in [2.75, 3.05) is 10.6 Å². The predicted octanol–water partition coefficient (Wildman–Crippen LogP) is 2.63. The molecule has 8 nitrogen and oxygen atoms in total. The van der Waals surface area contributed by atoms with Gasteiger partial charge in [-0.1, -0.05) is 18.2 Å². The van der Waals surface area contributed by atoms with Crippen LogP contribution in [0, 0.1) is 0 Å². The molecule has 2 aromatic rings. The lowest BCUT2D eigenvalue weighted by Gasteiger charge is -2.30. The largest absolute Gasteiger partial charge is 0.366 e. The number of nitrogens with zero attached hydrogens (tertiary/aromatic N) is 4. The number of aromatic nitrogens is 4. The summed E-state index contributed by atoms with van der Waals surface area (Å²) in [4.78, 5) is 20.1. The highest BCUT2D eigenvalue weighted by molar-refractivity contribution is 6.32. The van der Waals surface area contributed by atoms with Crippen LogP contribution in [0.2, 0.25) is 5.02 Å². The maximum Gasteiger partial charge on any atom is 0.243 e. The summed E-state index contributed by atoms with van der Waals surface area (Å²) in [5.41, 5.74) is 0.805. The second kappa shape index (κ2) is 8.18. The van der Waals surface area contributed by atoms with Crippen molar-refractivity contribution < 1.29 is 4.79 Å². The van der Waals surface area contributed by atoms with Crippen LogP contribution in [0.3, 0.4) is 0 Å². The van der Waals surface area contributed by atoms with Crippen LogP contribution in [0.1, 0.15) is 25.7 Å². The first kappa shape index (κ1) is 18.2. The van der Waals surface area contributed by atoms with Crippen molar-refractivity contribution in [1.29, 1.82) is 0 Å². The minimum absolute atomic E-state index is 0.119. The van der Waals surface area contributed by atoms with E-state index >= 15 is 0 Å². The molecule has 1 saturated carbocycles. The number of carbonyl (C=O) groups is 1. The van der Waals surface area contributed by atoms with Crippen LogP contribution in [-0.2, 0) is 11.8 Å². The molecule has 2 aromatic heterocycles. The lowest BCUT2D eigenvalue weighted by molar-refractivity contribution is -0.117. The monoisotopic (exact) mass is 375 g/mol. The van der Waals surface area contributed by atoms with E-state index in [0.29, 0.717) is 16.8 Å². The van der Waals surface area contributed by atoms with Gasteiger partial charge in [0.05, 0.1) is 18.1 Å². The number of amides is 1. The zero-order valence-corrected chi connectivity index (χ0v) is 15.3. The second-order valence-corrected chi connectivity index (χ2v) is 6.73. The van der Waals surface area contributed by atoms with Crippen LogP contribution < -0.4 is 16.0 Å². The molecule has 9 heteroatoms. The van der Waals surface area contributed by atoms with E-state index in [9.17, 15) is 4.79 Å². The third kappa shape index (κ3) is 4.72. The standard InChI is InChI=1S/C17H22ClN7O/c1-3-15(26)21-11-4-6-12(7-5-11)22-16-14(18)9-19-17(24-16)23-13-8-20-25(2)10-13/h3,8-12H,1,4-7H2,2H3,(H,21,26)(H2,19,22,23,24). The second-order valence-electron chi connectivity index (χ2n) is 6.32. The Kier molecular flexibility index (Phi) is 5.72. The highest BCUT2D eigenvalue weighted by Crippen LogP contribution is 2.26. The van der Waals surface area contributed by atoms with Gasteiger partial charge in [0.25, 0.3) is 0 Å². The third-order valence-corrected chi connectivity index (χ3v) is 4.58. The van der Waals surface area contributed by atoms with E-state index in [4.69, 9.17) is 11.6 Å². The Hall–Kier alpha value is -2.61. The minimum atomic E-state index is -0.119. The van der Waals surface area contributed by atoms with Crippen molar-refractivity contribution in [2.24, 2.45) is 7.05 Å². The van der Waals surface area contributed by atoms with Gasteiger partial charge in [-0.2, -0.15) is 10.1 Å². The van der Waals surface area contributed by atoms with Crippen molar-refractivity contribution in [3.63, 3.8) is 0 Å². The molecular formula is C17H22ClN7O. The SMILES string of the molecule is C=CC(=O)NC1CCC(Nc2nc(Nc3cnn(C)c3)ncc2Cl)CC1. The van der Waals surface area contributed by atoms with E-state index in [-0.39, 0.29) is 18.0 Å². The van der Waals surface area contributed by atoms with E-state index in [2.05, 4.69) is 37.6 Å². The molecule has 1 fully saturated rings. The first-order valence-electron chi connectivity index (χ1n) is 8.51. The smallest absolute Gasteiger partial charge is 0.243 e. The summed E-state index contributed by atoms with van der Waals surface area (Å²) in [6, 6.07) is 0.452. The van der Waals surface area contributed by atoms with E-state index in [0.717, 1.165) is 31.4 Å². The number of hydrogen-bond acceptors (Lipinski definition) is 6. The van der Waals surface area contributed by atoms with Gasteiger partial charge in [0.1, 0.15) is 5.02 Å². The van der Waals surface area contributed by atoms with Crippen molar-refractivity contribution in [2.45, 2.75) is 37.8 Å². The molecule has 0 aromatic carbocycles. The average Bonchev–Trinajstić information content (AvgIpc) is 3.04. The molecule has 0 bridgehead atoms. The highest BCUT2D eigenvalue weighted by Gasteiger charge is 2.22. The lowest BCUT2D eigenvalue weighted by Crippen LogP contribution is -2.39. The van der Waals surface area contributed by atoms with Crippen molar-refractivity contribution in [3.05, 3.63) is 36.3 Å². The molecule has 1 amide bonds. The van der Waals surface area contributed by atoms with Crippen molar-refractivity contribution >= 4 is 35.0 Å². The number of rotatable bonds is 6. The van der Waals surface area contributed by atoms with Gasteiger partial charge >= 0.3 is 0 Å². The molecule has 2 heterocycles. The molecule has 0 saturated heterocycles.